The van der Waals surface area contributed by atoms with Crippen LogP contribution < -0.4 is 5.43 Å². The second kappa shape index (κ2) is 6.35. The second-order valence-corrected chi connectivity index (χ2v) is 6.01. The molecule has 0 atom stereocenters. The van der Waals surface area contributed by atoms with Gasteiger partial charge in [-0.15, -0.1) is 0 Å². The average molecular weight is 321 g/mol. The molecule has 1 aromatic heterocycles. The average Bonchev–Trinajstić information content (AvgIpc) is 2.50. The van der Waals surface area contributed by atoms with Gasteiger partial charge in [-0.25, -0.2) is 13.4 Å². The smallest absolute Gasteiger partial charge is 0.258 e. The van der Waals surface area contributed by atoms with E-state index in [4.69, 9.17) is 16.9 Å². The van der Waals surface area contributed by atoms with Gasteiger partial charge in [0.1, 0.15) is 6.07 Å². The van der Waals surface area contributed by atoms with E-state index in [-0.39, 0.29) is 5.03 Å². The summed E-state index contributed by atoms with van der Waals surface area (Å²) in [5, 5.41) is 12.0. The number of sulfone groups is 1. The van der Waals surface area contributed by atoms with Crippen LogP contribution in [0.5, 0.6) is 0 Å². The lowest BCUT2D eigenvalue weighted by Gasteiger charge is -2.04. The molecule has 8 heteroatoms. The van der Waals surface area contributed by atoms with Gasteiger partial charge in [-0.3, -0.25) is 5.43 Å². The molecule has 1 N–H and O–H groups in total. The van der Waals surface area contributed by atoms with Crippen molar-refractivity contribution in [2.45, 2.75) is 5.03 Å². The Morgan fingerprint density at radius 1 is 1.24 bits per heavy atom. The lowest BCUT2D eigenvalue weighted by Crippen LogP contribution is -2.16. The van der Waals surface area contributed by atoms with Crippen molar-refractivity contribution >= 4 is 32.2 Å². The highest BCUT2D eigenvalue weighted by Gasteiger charge is 2.24. The van der Waals surface area contributed by atoms with Crippen LogP contribution in [-0.2, 0) is 9.84 Å². The number of benzene rings is 1. The van der Waals surface area contributed by atoms with E-state index in [1.165, 1.54) is 18.3 Å². The first-order chi connectivity index (χ1) is 10.1. The first-order valence-corrected chi connectivity index (χ1v) is 7.56. The number of anilines is 1. The van der Waals surface area contributed by atoms with Gasteiger partial charge in [-0.2, -0.15) is 10.4 Å². The fraction of sp³-hybridized carbons (Fsp3) is 0. The number of hydrazone groups is 1. The molecular weight excluding hydrogens is 312 g/mol. The van der Waals surface area contributed by atoms with Crippen molar-refractivity contribution in [2.24, 2.45) is 5.10 Å². The molecule has 0 amide bonds. The van der Waals surface area contributed by atoms with E-state index in [0.717, 1.165) is 0 Å². The molecule has 106 valence electrons. The van der Waals surface area contributed by atoms with E-state index in [0.29, 0.717) is 10.7 Å². The van der Waals surface area contributed by atoms with Gasteiger partial charge in [0, 0.05) is 6.20 Å². The SMILES string of the molecule is N#C/C(=N/Nc1ccccc1Cl)S(=O)(=O)c1ccccn1. The third-order valence-electron chi connectivity index (χ3n) is 2.42. The number of nitrogens with one attached hydrogen (secondary N) is 1. The van der Waals surface area contributed by atoms with Crippen LogP contribution in [0.15, 0.2) is 58.8 Å². The quantitative estimate of drug-likeness (QED) is 0.532. The maximum Gasteiger partial charge on any atom is 0.258 e. The van der Waals surface area contributed by atoms with Crippen molar-refractivity contribution in [1.82, 2.24) is 4.98 Å². The molecule has 6 nitrogen and oxygen atoms in total. The topological polar surface area (TPSA) is 95.2 Å². The maximum absolute atomic E-state index is 12.2. The summed E-state index contributed by atoms with van der Waals surface area (Å²) in [4.78, 5) is 3.72. The Bertz CT molecular complexity index is 814. The summed E-state index contributed by atoms with van der Waals surface area (Å²) in [6.45, 7) is 0. The third-order valence-corrected chi connectivity index (χ3v) is 4.23. The highest BCUT2D eigenvalue weighted by Crippen LogP contribution is 2.20. The first kappa shape index (κ1) is 15.0. The lowest BCUT2D eigenvalue weighted by atomic mass is 10.3. The minimum absolute atomic E-state index is 0.244. The number of rotatable bonds is 3. The van der Waals surface area contributed by atoms with E-state index in [1.807, 2.05) is 0 Å². The summed E-state index contributed by atoms with van der Waals surface area (Å²) < 4.78 is 24.4. The van der Waals surface area contributed by atoms with Crippen LogP contribution in [-0.4, -0.2) is 18.4 Å². The minimum Gasteiger partial charge on any atom is -0.275 e. The molecule has 21 heavy (non-hydrogen) atoms. The van der Waals surface area contributed by atoms with Gasteiger partial charge in [0.2, 0.25) is 0 Å². The Balaban J connectivity index is 2.35. The van der Waals surface area contributed by atoms with Crippen LogP contribution in [0.1, 0.15) is 0 Å². The summed E-state index contributed by atoms with van der Waals surface area (Å²) in [6, 6.07) is 12.5. The minimum atomic E-state index is -4.06. The van der Waals surface area contributed by atoms with Gasteiger partial charge in [0.05, 0.1) is 10.7 Å². The molecule has 0 bridgehead atoms. The van der Waals surface area contributed by atoms with Crippen molar-refractivity contribution in [1.29, 1.82) is 5.26 Å². The Labute approximate surface area is 126 Å². The first-order valence-electron chi connectivity index (χ1n) is 5.70. The largest absolute Gasteiger partial charge is 0.275 e. The lowest BCUT2D eigenvalue weighted by molar-refractivity contribution is 0.604. The van der Waals surface area contributed by atoms with Crippen LogP contribution >= 0.6 is 11.6 Å². The van der Waals surface area contributed by atoms with E-state index >= 15 is 0 Å². The zero-order valence-corrected chi connectivity index (χ0v) is 12.1. The fourth-order valence-electron chi connectivity index (χ4n) is 1.41. The van der Waals surface area contributed by atoms with Crippen molar-refractivity contribution < 1.29 is 8.42 Å². The monoisotopic (exact) mass is 320 g/mol. The number of nitriles is 1. The van der Waals surface area contributed by atoms with Crippen LogP contribution in [0.25, 0.3) is 0 Å². The summed E-state index contributed by atoms with van der Waals surface area (Å²) in [5.74, 6) is 0. The zero-order valence-electron chi connectivity index (χ0n) is 10.6. The predicted octanol–water partition coefficient (Wildman–Crippen LogP) is 2.46. The van der Waals surface area contributed by atoms with Crippen molar-refractivity contribution in [2.75, 3.05) is 5.43 Å². The predicted molar refractivity (Wildman–Crippen MR) is 79.5 cm³/mol. The molecular formula is C13H9ClN4O2S. The normalized spacial score (nSPS) is 11.7. The Morgan fingerprint density at radius 2 is 1.95 bits per heavy atom. The van der Waals surface area contributed by atoms with Gasteiger partial charge in [0.25, 0.3) is 14.9 Å². The fourth-order valence-corrected chi connectivity index (χ4v) is 2.53. The Kier molecular flexibility index (Phi) is 4.52. The summed E-state index contributed by atoms with van der Waals surface area (Å²) in [7, 11) is -4.06. The molecule has 0 spiro atoms. The van der Waals surface area contributed by atoms with Crippen molar-refractivity contribution in [3.05, 3.63) is 53.7 Å². The molecule has 0 saturated carbocycles. The molecule has 1 heterocycles. The van der Waals surface area contributed by atoms with Gasteiger partial charge < -0.3 is 0 Å². The number of halogens is 1. The number of hydrogen-bond donors (Lipinski definition) is 1. The number of pyridine rings is 1. The van der Waals surface area contributed by atoms with Crippen molar-refractivity contribution in [3.8, 4) is 6.07 Å². The summed E-state index contributed by atoms with van der Waals surface area (Å²) in [6.07, 6.45) is 1.32. The van der Waals surface area contributed by atoms with E-state index in [9.17, 15) is 8.42 Å². The number of para-hydroxylation sites is 1. The number of aromatic nitrogens is 1. The van der Waals surface area contributed by atoms with Crippen LogP contribution in [0.4, 0.5) is 5.69 Å². The molecule has 0 radical (unpaired) electrons. The summed E-state index contributed by atoms with van der Waals surface area (Å²) >= 11 is 5.91. The summed E-state index contributed by atoms with van der Waals surface area (Å²) in [5.41, 5.74) is 2.86. The standard InChI is InChI=1S/C13H9ClN4O2S/c14-10-5-1-2-6-11(10)17-18-13(9-15)21(19,20)12-7-3-4-8-16-12/h1-8,17H/b18-13-. The second-order valence-electron chi connectivity index (χ2n) is 3.79. The van der Waals surface area contributed by atoms with Crippen molar-refractivity contribution in [3.63, 3.8) is 0 Å². The number of hydrogen-bond acceptors (Lipinski definition) is 6. The van der Waals surface area contributed by atoms with Crippen LogP contribution in [0.2, 0.25) is 5.02 Å². The van der Waals surface area contributed by atoms with Crippen LogP contribution in [0, 0.1) is 11.3 Å². The molecule has 0 saturated heterocycles. The molecule has 0 aliphatic carbocycles. The van der Waals surface area contributed by atoms with E-state index < -0.39 is 14.9 Å². The third kappa shape index (κ3) is 3.37. The Hall–Kier alpha value is -2.43. The van der Waals surface area contributed by atoms with E-state index in [2.05, 4.69) is 15.5 Å². The molecule has 0 fully saturated rings. The number of nitrogens with zero attached hydrogens (tertiary/aromatic N) is 3. The molecule has 2 rings (SSSR count). The molecule has 0 aliphatic rings. The molecule has 0 unspecified atom stereocenters. The van der Waals surface area contributed by atoms with Gasteiger partial charge in [0.15, 0.2) is 5.03 Å². The van der Waals surface area contributed by atoms with Gasteiger partial charge in [-0.1, -0.05) is 29.8 Å². The van der Waals surface area contributed by atoms with E-state index in [1.54, 1.807) is 36.4 Å². The van der Waals surface area contributed by atoms with Gasteiger partial charge >= 0.3 is 0 Å². The Morgan fingerprint density at radius 3 is 2.57 bits per heavy atom. The highest BCUT2D eigenvalue weighted by atomic mass is 35.5. The highest BCUT2D eigenvalue weighted by molar-refractivity contribution is 8.07. The molecule has 2 aromatic rings. The molecule has 1 aromatic carbocycles. The van der Waals surface area contributed by atoms with Gasteiger partial charge in [-0.05, 0) is 24.3 Å². The zero-order chi connectivity index (χ0) is 15.3. The molecule has 0 aliphatic heterocycles. The maximum atomic E-state index is 12.2. The van der Waals surface area contributed by atoms with Crippen LogP contribution in [0.3, 0.4) is 0 Å².